The monoisotopic (exact) mass is 320 g/mol. The highest BCUT2D eigenvalue weighted by Gasteiger charge is 2.03. The Bertz CT molecular complexity index is 599. The second-order valence-electron chi connectivity index (χ2n) is 3.56. The summed E-state index contributed by atoms with van der Waals surface area (Å²) in [5.74, 6) is 0. The number of hydrazone groups is 1. The first-order chi connectivity index (χ1) is 9.16. The highest BCUT2D eigenvalue weighted by Crippen LogP contribution is 2.16. The van der Waals surface area contributed by atoms with Gasteiger partial charge < -0.3 is 0 Å². The first-order valence-corrected chi connectivity index (χ1v) is 6.10. The average Bonchev–Trinajstić information content (AvgIpc) is 2.46. The number of nitrogens with one attached hydrogen (secondary N) is 1. The van der Waals surface area contributed by atoms with Crippen molar-refractivity contribution in [2.45, 2.75) is 0 Å². The van der Waals surface area contributed by atoms with Crippen LogP contribution in [0.2, 0.25) is 0 Å². The number of non-ortho nitro benzene ring substituents is 1. The topological polar surface area (TPSA) is 80.4 Å². The van der Waals surface area contributed by atoms with Gasteiger partial charge in [-0.1, -0.05) is 0 Å². The van der Waals surface area contributed by atoms with Crippen LogP contribution in [0.1, 0.15) is 5.56 Å². The van der Waals surface area contributed by atoms with Crippen LogP contribution in [-0.2, 0) is 0 Å². The van der Waals surface area contributed by atoms with Gasteiger partial charge in [0.1, 0.15) is 4.62 Å². The second kappa shape index (κ2) is 6.05. The Kier molecular flexibility index (Phi) is 4.19. The maximum absolute atomic E-state index is 10.5. The smallest absolute Gasteiger partial charge is 0.269 e. The summed E-state index contributed by atoms with van der Waals surface area (Å²) in [5.41, 5.74) is 4.33. The van der Waals surface area contributed by atoms with E-state index in [1.165, 1.54) is 12.1 Å². The molecule has 96 valence electrons. The second-order valence-corrected chi connectivity index (χ2v) is 4.31. The Morgan fingerprint density at radius 1 is 1.32 bits per heavy atom. The van der Waals surface area contributed by atoms with Crippen LogP contribution in [0.25, 0.3) is 0 Å². The lowest BCUT2D eigenvalue weighted by Gasteiger charge is -2.01. The lowest BCUT2D eigenvalue weighted by Crippen LogP contribution is -1.97. The quantitative estimate of drug-likeness (QED) is 0.533. The summed E-state index contributed by atoms with van der Waals surface area (Å²) in [6.07, 6.45) is 3.35. The number of nitro groups is 1. The minimum absolute atomic E-state index is 0.0425. The molecule has 0 aliphatic carbocycles. The highest BCUT2D eigenvalue weighted by molar-refractivity contribution is 9.18. The van der Waals surface area contributed by atoms with Gasteiger partial charge in [0, 0.05) is 30.1 Å². The number of pyridine rings is 1. The van der Waals surface area contributed by atoms with Crippen molar-refractivity contribution in [3.63, 3.8) is 0 Å². The zero-order valence-corrected chi connectivity index (χ0v) is 11.2. The molecule has 0 radical (unpaired) electrons. The predicted octanol–water partition coefficient (Wildman–Crippen LogP) is 3.16. The summed E-state index contributed by atoms with van der Waals surface area (Å²) in [5, 5.41) is 14.6. The molecule has 0 unspecified atom stereocenters. The van der Waals surface area contributed by atoms with E-state index in [0.29, 0.717) is 10.3 Å². The minimum Gasteiger partial charge on any atom is -0.277 e. The van der Waals surface area contributed by atoms with Gasteiger partial charge in [-0.25, -0.2) is 0 Å². The van der Waals surface area contributed by atoms with E-state index in [9.17, 15) is 10.1 Å². The van der Waals surface area contributed by atoms with Gasteiger partial charge in [0.2, 0.25) is 0 Å². The van der Waals surface area contributed by atoms with Gasteiger partial charge in [0.25, 0.3) is 5.69 Å². The summed E-state index contributed by atoms with van der Waals surface area (Å²) >= 11 is 3.32. The van der Waals surface area contributed by atoms with E-state index in [1.54, 1.807) is 30.6 Å². The highest BCUT2D eigenvalue weighted by atomic mass is 79.9. The van der Waals surface area contributed by atoms with E-state index in [0.717, 1.165) is 5.56 Å². The summed E-state index contributed by atoms with van der Waals surface area (Å²) < 4.78 is 0.596. The Hall–Kier alpha value is -2.28. The lowest BCUT2D eigenvalue weighted by molar-refractivity contribution is -0.384. The molecule has 1 heterocycles. The van der Waals surface area contributed by atoms with Crippen molar-refractivity contribution in [2.75, 3.05) is 5.43 Å². The first-order valence-electron chi connectivity index (χ1n) is 5.31. The molecule has 0 atom stereocenters. The fourth-order valence-electron chi connectivity index (χ4n) is 1.32. The molecule has 0 amide bonds. The number of rotatable bonds is 4. The minimum atomic E-state index is -0.446. The maximum atomic E-state index is 10.5. The van der Waals surface area contributed by atoms with E-state index in [2.05, 4.69) is 31.4 Å². The number of benzene rings is 1. The van der Waals surface area contributed by atoms with Crippen LogP contribution in [0.5, 0.6) is 0 Å². The van der Waals surface area contributed by atoms with Crippen LogP contribution in [0.15, 0.2) is 53.9 Å². The fraction of sp³-hybridized carbons (Fsp3) is 0. The Balaban J connectivity index is 2.08. The van der Waals surface area contributed by atoms with E-state index in [-0.39, 0.29) is 5.69 Å². The van der Waals surface area contributed by atoms with Crippen LogP contribution in [0, 0.1) is 10.1 Å². The molecule has 19 heavy (non-hydrogen) atoms. The Labute approximate surface area is 117 Å². The molecule has 0 bridgehead atoms. The van der Waals surface area contributed by atoms with Gasteiger partial charge in [0.15, 0.2) is 0 Å². The molecule has 0 spiro atoms. The normalized spacial score (nSPS) is 11.1. The van der Waals surface area contributed by atoms with Crippen molar-refractivity contribution in [2.24, 2.45) is 5.10 Å². The van der Waals surface area contributed by atoms with Crippen LogP contribution in [-0.4, -0.2) is 14.5 Å². The zero-order valence-electron chi connectivity index (χ0n) is 9.65. The lowest BCUT2D eigenvalue weighted by atomic mass is 10.3. The van der Waals surface area contributed by atoms with Crippen molar-refractivity contribution in [1.82, 2.24) is 4.98 Å². The standard InChI is InChI=1S/C12H9BrN4O2/c13-12(9-2-1-7-14-8-9)16-15-10-3-5-11(6-4-10)17(18)19/h1-8,15H. The van der Waals surface area contributed by atoms with E-state index in [4.69, 9.17) is 0 Å². The number of hydrogen-bond donors (Lipinski definition) is 1. The third-order valence-corrected chi connectivity index (χ3v) is 2.90. The molecule has 2 rings (SSSR count). The summed E-state index contributed by atoms with van der Waals surface area (Å²) in [6.45, 7) is 0. The predicted molar refractivity (Wildman–Crippen MR) is 76.4 cm³/mol. The van der Waals surface area contributed by atoms with Crippen LogP contribution in [0.4, 0.5) is 11.4 Å². The number of nitrogens with zero attached hydrogens (tertiary/aromatic N) is 3. The van der Waals surface area contributed by atoms with Crippen molar-refractivity contribution >= 4 is 31.9 Å². The van der Waals surface area contributed by atoms with Gasteiger partial charge in [-0.3, -0.25) is 20.5 Å². The third kappa shape index (κ3) is 3.59. The molecule has 0 aliphatic rings. The summed E-state index contributed by atoms with van der Waals surface area (Å²) in [6, 6.07) is 9.66. The fourth-order valence-corrected chi connectivity index (χ4v) is 1.64. The van der Waals surface area contributed by atoms with E-state index in [1.807, 2.05) is 6.07 Å². The third-order valence-electron chi connectivity index (χ3n) is 2.26. The maximum Gasteiger partial charge on any atom is 0.269 e. The Morgan fingerprint density at radius 2 is 2.05 bits per heavy atom. The molecule has 0 fully saturated rings. The molecule has 1 aromatic heterocycles. The van der Waals surface area contributed by atoms with Gasteiger partial charge in [0.05, 0.1) is 10.6 Å². The van der Waals surface area contributed by atoms with Crippen molar-refractivity contribution < 1.29 is 4.92 Å². The summed E-state index contributed by atoms with van der Waals surface area (Å²) in [7, 11) is 0. The van der Waals surface area contributed by atoms with Crippen LogP contribution in [0.3, 0.4) is 0 Å². The van der Waals surface area contributed by atoms with E-state index < -0.39 is 4.92 Å². The molecular weight excluding hydrogens is 312 g/mol. The molecule has 2 aromatic rings. The largest absolute Gasteiger partial charge is 0.277 e. The molecule has 0 aliphatic heterocycles. The van der Waals surface area contributed by atoms with Crippen molar-refractivity contribution in [3.05, 3.63) is 64.5 Å². The van der Waals surface area contributed by atoms with Crippen LogP contribution >= 0.6 is 15.9 Å². The number of aromatic nitrogens is 1. The molecular formula is C12H9BrN4O2. The average molecular weight is 321 g/mol. The Morgan fingerprint density at radius 3 is 2.63 bits per heavy atom. The molecule has 6 nitrogen and oxygen atoms in total. The SMILES string of the molecule is O=[N+]([O-])c1ccc(NN=C(Br)c2cccnc2)cc1. The number of halogens is 1. The van der Waals surface area contributed by atoms with Gasteiger partial charge in [-0.05, 0) is 40.2 Å². The zero-order chi connectivity index (χ0) is 13.7. The number of nitro benzene ring substituents is 1. The molecule has 1 N–H and O–H groups in total. The number of hydrogen-bond acceptors (Lipinski definition) is 5. The van der Waals surface area contributed by atoms with Gasteiger partial charge >= 0.3 is 0 Å². The summed E-state index contributed by atoms with van der Waals surface area (Å²) in [4.78, 5) is 14.0. The van der Waals surface area contributed by atoms with Crippen molar-refractivity contribution in [1.29, 1.82) is 0 Å². The molecule has 0 saturated heterocycles. The van der Waals surface area contributed by atoms with Gasteiger partial charge in [-0.15, -0.1) is 0 Å². The molecule has 7 heteroatoms. The molecule has 0 saturated carbocycles. The van der Waals surface area contributed by atoms with Gasteiger partial charge in [-0.2, -0.15) is 5.10 Å². The van der Waals surface area contributed by atoms with E-state index >= 15 is 0 Å². The van der Waals surface area contributed by atoms with Crippen molar-refractivity contribution in [3.8, 4) is 0 Å². The number of anilines is 1. The first kappa shape index (κ1) is 13.2. The molecule has 1 aromatic carbocycles. The van der Waals surface area contributed by atoms with Crippen LogP contribution < -0.4 is 5.43 Å².